The minimum absolute atomic E-state index is 0.263. The average Bonchev–Trinajstić information content (AvgIpc) is 2.42. The molecule has 3 N–H and O–H groups in total. The molecule has 0 radical (unpaired) electrons. The molecule has 0 aliphatic rings. The van der Waals surface area contributed by atoms with Crippen molar-refractivity contribution in [1.29, 1.82) is 0 Å². The second kappa shape index (κ2) is 5.81. The number of benzene rings is 1. The fraction of sp³-hybridized carbons (Fsp3) is 0.167. The number of nitrogens with zero attached hydrogens (tertiary/aromatic N) is 3. The van der Waals surface area contributed by atoms with Crippen LogP contribution in [0.1, 0.15) is 5.56 Å². The van der Waals surface area contributed by atoms with E-state index in [1.165, 1.54) is 18.3 Å². The lowest BCUT2D eigenvalue weighted by atomic mass is 10.2. The highest BCUT2D eigenvalue weighted by molar-refractivity contribution is 6.32. The van der Waals surface area contributed by atoms with Crippen molar-refractivity contribution in [2.45, 2.75) is 6.54 Å². The molecular weight excluding hydrogens is 269 g/mol. The normalized spacial score (nSPS) is 10.3. The van der Waals surface area contributed by atoms with E-state index in [-0.39, 0.29) is 11.8 Å². The number of nitrogens with two attached hydrogens (primary N) is 1. The van der Waals surface area contributed by atoms with E-state index in [0.717, 1.165) is 5.56 Å². The zero-order valence-electron chi connectivity index (χ0n) is 10.3. The van der Waals surface area contributed by atoms with Crippen LogP contribution in [0.2, 0.25) is 5.02 Å². The summed E-state index contributed by atoms with van der Waals surface area (Å²) in [5.74, 6) is 5.83. The third kappa shape index (κ3) is 3.30. The first kappa shape index (κ1) is 13.5. The molecule has 0 unspecified atom stereocenters. The Hall–Kier alpha value is -1.92. The summed E-state index contributed by atoms with van der Waals surface area (Å²) in [4.78, 5) is 9.91. The lowest BCUT2D eigenvalue weighted by molar-refractivity contribution is 0.627. The largest absolute Gasteiger partial charge is 0.354 e. The Labute approximate surface area is 115 Å². The fourth-order valence-corrected chi connectivity index (χ4v) is 1.87. The van der Waals surface area contributed by atoms with Crippen molar-refractivity contribution < 1.29 is 4.39 Å². The summed E-state index contributed by atoms with van der Waals surface area (Å²) in [6, 6.07) is 6.25. The van der Waals surface area contributed by atoms with Gasteiger partial charge in [-0.05, 0) is 17.7 Å². The number of anilines is 2. The van der Waals surface area contributed by atoms with Crippen LogP contribution < -0.4 is 16.2 Å². The van der Waals surface area contributed by atoms with Crippen LogP contribution >= 0.6 is 11.6 Å². The molecular formula is C12H13ClFN5. The van der Waals surface area contributed by atoms with Crippen molar-refractivity contribution >= 4 is 23.4 Å². The molecule has 0 aliphatic carbocycles. The van der Waals surface area contributed by atoms with Gasteiger partial charge in [0.1, 0.15) is 10.8 Å². The molecule has 1 heterocycles. The van der Waals surface area contributed by atoms with Crippen molar-refractivity contribution in [3.63, 3.8) is 0 Å². The van der Waals surface area contributed by atoms with E-state index < -0.39 is 0 Å². The fourth-order valence-electron chi connectivity index (χ4n) is 1.63. The zero-order chi connectivity index (χ0) is 13.8. The molecule has 1 aromatic carbocycles. The van der Waals surface area contributed by atoms with Gasteiger partial charge in [-0.2, -0.15) is 4.98 Å². The molecule has 0 saturated heterocycles. The zero-order valence-corrected chi connectivity index (χ0v) is 11.0. The molecule has 7 heteroatoms. The Balaban J connectivity index is 2.19. The van der Waals surface area contributed by atoms with Gasteiger partial charge in [0.05, 0.1) is 6.20 Å². The van der Waals surface area contributed by atoms with Crippen LogP contribution in [0.15, 0.2) is 30.5 Å². The quantitative estimate of drug-likeness (QED) is 0.664. The lowest BCUT2D eigenvalue weighted by Crippen LogP contribution is -2.20. The maximum atomic E-state index is 12.8. The summed E-state index contributed by atoms with van der Waals surface area (Å²) in [7, 11) is 1.83. The van der Waals surface area contributed by atoms with E-state index in [1.54, 1.807) is 12.1 Å². The Morgan fingerprint density at radius 1 is 1.37 bits per heavy atom. The van der Waals surface area contributed by atoms with Crippen LogP contribution in [0.25, 0.3) is 0 Å². The van der Waals surface area contributed by atoms with E-state index in [4.69, 9.17) is 17.4 Å². The second-order valence-corrected chi connectivity index (χ2v) is 4.40. The summed E-state index contributed by atoms with van der Waals surface area (Å²) in [6.45, 7) is 0.543. The van der Waals surface area contributed by atoms with Gasteiger partial charge in [-0.3, -0.25) is 5.43 Å². The van der Waals surface area contributed by atoms with Gasteiger partial charge in [0.2, 0.25) is 5.95 Å². The van der Waals surface area contributed by atoms with Crippen molar-refractivity contribution in [2.75, 3.05) is 17.4 Å². The van der Waals surface area contributed by atoms with Gasteiger partial charge in [0.25, 0.3) is 0 Å². The SMILES string of the molecule is CN(Cc1ccc(F)cc1)c1nc(NN)ncc1Cl. The molecule has 0 amide bonds. The van der Waals surface area contributed by atoms with Crippen LogP contribution in [0.3, 0.4) is 0 Å². The minimum atomic E-state index is -0.263. The first-order chi connectivity index (χ1) is 9.10. The smallest absolute Gasteiger partial charge is 0.239 e. The number of halogens is 2. The van der Waals surface area contributed by atoms with Crippen molar-refractivity contribution in [3.05, 3.63) is 46.9 Å². The lowest BCUT2D eigenvalue weighted by Gasteiger charge is -2.19. The van der Waals surface area contributed by atoms with Crippen molar-refractivity contribution in [2.24, 2.45) is 5.84 Å². The van der Waals surface area contributed by atoms with Gasteiger partial charge in [-0.15, -0.1) is 0 Å². The molecule has 0 fully saturated rings. The summed E-state index contributed by atoms with van der Waals surface area (Å²) < 4.78 is 12.8. The highest BCUT2D eigenvalue weighted by atomic mass is 35.5. The third-order valence-electron chi connectivity index (χ3n) is 2.55. The number of hydrogen-bond donors (Lipinski definition) is 2. The van der Waals surface area contributed by atoms with Crippen molar-refractivity contribution in [1.82, 2.24) is 9.97 Å². The predicted molar refractivity (Wildman–Crippen MR) is 73.4 cm³/mol. The van der Waals surface area contributed by atoms with Crippen molar-refractivity contribution in [3.8, 4) is 0 Å². The molecule has 1 aromatic heterocycles. The van der Waals surface area contributed by atoms with E-state index in [9.17, 15) is 4.39 Å². The molecule has 0 atom stereocenters. The molecule has 0 spiro atoms. The average molecular weight is 282 g/mol. The maximum absolute atomic E-state index is 12.8. The Bertz CT molecular complexity index is 561. The summed E-state index contributed by atoms with van der Waals surface area (Å²) in [5, 5.41) is 0.420. The molecule has 19 heavy (non-hydrogen) atoms. The van der Waals surface area contributed by atoms with Crippen LogP contribution in [-0.4, -0.2) is 17.0 Å². The van der Waals surface area contributed by atoms with E-state index >= 15 is 0 Å². The summed E-state index contributed by atoms with van der Waals surface area (Å²) in [6.07, 6.45) is 1.47. The van der Waals surface area contributed by atoms with Gasteiger partial charge in [0.15, 0.2) is 5.82 Å². The van der Waals surface area contributed by atoms with Gasteiger partial charge in [-0.1, -0.05) is 23.7 Å². The standard InChI is InChI=1S/C12H13ClFN5/c1-19(7-8-2-4-9(14)5-3-8)11-10(13)6-16-12(17-11)18-15/h2-6H,7,15H2,1H3,(H,16,17,18). The Morgan fingerprint density at radius 3 is 2.68 bits per heavy atom. The number of nitrogen functional groups attached to an aromatic ring is 1. The molecule has 2 aromatic rings. The molecule has 100 valence electrons. The minimum Gasteiger partial charge on any atom is -0.354 e. The second-order valence-electron chi connectivity index (χ2n) is 3.99. The van der Waals surface area contributed by atoms with Gasteiger partial charge in [0, 0.05) is 13.6 Å². The molecule has 5 nitrogen and oxygen atoms in total. The van der Waals surface area contributed by atoms with E-state index in [0.29, 0.717) is 17.4 Å². The maximum Gasteiger partial charge on any atom is 0.239 e. The highest BCUT2D eigenvalue weighted by Crippen LogP contribution is 2.23. The van der Waals surface area contributed by atoms with Crippen LogP contribution in [0.4, 0.5) is 16.2 Å². The number of rotatable bonds is 4. The van der Waals surface area contributed by atoms with Gasteiger partial charge >= 0.3 is 0 Å². The number of aromatic nitrogens is 2. The molecule has 0 bridgehead atoms. The van der Waals surface area contributed by atoms with Gasteiger partial charge < -0.3 is 4.90 Å². The summed E-state index contributed by atoms with van der Waals surface area (Å²) >= 11 is 6.04. The van der Waals surface area contributed by atoms with E-state index in [1.807, 2.05) is 11.9 Å². The summed E-state index contributed by atoms with van der Waals surface area (Å²) in [5.41, 5.74) is 3.31. The topological polar surface area (TPSA) is 67.1 Å². The molecule has 2 rings (SSSR count). The van der Waals surface area contributed by atoms with Crippen LogP contribution in [0.5, 0.6) is 0 Å². The molecule has 0 aliphatic heterocycles. The first-order valence-corrected chi connectivity index (χ1v) is 5.92. The van der Waals surface area contributed by atoms with Crippen LogP contribution in [0, 0.1) is 5.82 Å². The number of hydrazine groups is 1. The predicted octanol–water partition coefficient (Wildman–Crippen LogP) is 2.19. The Kier molecular flexibility index (Phi) is 4.13. The van der Waals surface area contributed by atoms with Crippen LogP contribution in [-0.2, 0) is 6.54 Å². The highest BCUT2D eigenvalue weighted by Gasteiger charge is 2.10. The van der Waals surface area contributed by atoms with Gasteiger partial charge in [-0.25, -0.2) is 15.2 Å². The number of nitrogens with one attached hydrogen (secondary N) is 1. The molecule has 0 saturated carbocycles. The first-order valence-electron chi connectivity index (χ1n) is 5.55. The van der Waals surface area contributed by atoms with E-state index in [2.05, 4.69) is 15.4 Å². The number of hydrogen-bond acceptors (Lipinski definition) is 5. The Morgan fingerprint density at radius 2 is 2.05 bits per heavy atom. The third-order valence-corrected chi connectivity index (χ3v) is 2.82. The monoisotopic (exact) mass is 281 g/mol.